The number of carboxylic acids is 1. The van der Waals surface area contributed by atoms with Crippen molar-refractivity contribution < 1.29 is 29.6 Å². The summed E-state index contributed by atoms with van der Waals surface area (Å²) in [4.78, 5) is 36.7. The van der Waals surface area contributed by atoms with E-state index < -0.39 is 36.4 Å². The van der Waals surface area contributed by atoms with Gasteiger partial charge >= 0.3 is 5.97 Å². The van der Waals surface area contributed by atoms with E-state index in [1.807, 2.05) is 4.90 Å². The number of carboxylic acid groups (broad SMARTS) is 1. The van der Waals surface area contributed by atoms with Crippen LogP contribution in [0.4, 0.5) is 5.82 Å². The normalized spacial score (nSPS) is 22.1. The van der Waals surface area contributed by atoms with Gasteiger partial charge in [0.1, 0.15) is 30.2 Å². The minimum Gasteiger partial charge on any atom is -0.478 e. The highest BCUT2D eigenvalue weighted by Crippen LogP contribution is 2.32. The average molecular weight is 486 g/mol. The van der Waals surface area contributed by atoms with Gasteiger partial charge in [0.15, 0.2) is 17.7 Å². The van der Waals surface area contributed by atoms with Crippen molar-refractivity contribution >= 4 is 28.9 Å². The Balaban J connectivity index is 1.52. The number of carbonyl (C=O) groups is 2. The number of hydrogen-bond donors (Lipinski definition) is 5. The van der Waals surface area contributed by atoms with Crippen LogP contribution < -0.4 is 11.5 Å². The lowest BCUT2D eigenvalue weighted by Crippen LogP contribution is -2.40. The topological polar surface area (TPSA) is 203 Å². The number of nitrogens with zero attached hydrogens (tertiary/aromatic N) is 5. The van der Waals surface area contributed by atoms with E-state index in [-0.39, 0.29) is 24.3 Å². The minimum atomic E-state index is -1.27. The number of aromatic carboxylic acids is 1. The van der Waals surface area contributed by atoms with E-state index in [0.717, 1.165) is 5.56 Å². The summed E-state index contributed by atoms with van der Waals surface area (Å²) in [5.74, 6) is -1.29. The van der Waals surface area contributed by atoms with Gasteiger partial charge in [0, 0.05) is 19.5 Å². The summed E-state index contributed by atoms with van der Waals surface area (Å²) in [5.41, 5.74) is 12.7. The molecule has 1 aromatic carbocycles. The molecule has 0 unspecified atom stereocenters. The number of amides is 1. The second-order valence-corrected chi connectivity index (χ2v) is 8.44. The molecule has 1 saturated heterocycles. The fraction of sp³-hybridized carbons (Fsp3) is 0.409. The quantitative estimate of drug-likeness (QED) is 0.247. The molecule has 186 valence electrons. The van der Waals surface area contributed by atoms with Gasteiger partial charge in [-0.2, -0.15) is 0 Å². The number of fused-ring (bicyclic) bond motifs is 1. The Labute approximate surface area is 200 Å². The van der Waals surface area contributed by atoms with Crippen molar-refractivity contribution in [2.75, 3.05) is 18.8 Å². The van der Waals surface area contributed by atoms with Crippen molar-refractivity contribution in [1.29, 1.82) is 0 Å². The third-order valence-corrected chi connectivity index (χ3v) is 5.91. The number of carbonyl (C=O) groups excluding carboxylic acids is 1. The second-order valence-electron chi connectivity index (χ2n) is 8.44. The van der Waals surface area contributed by atoms with Crippen LogP contribution in [0.5, 0.6) is 0 Å². The van der Waals surface area contributed by atoms with Crippen LogP contribution in [0.3, 0.4) is 0 Å². The molecule has 3 heterocycles. The average Bonchev–Trinajstić information content (AvgIpc) is 3.36. The Morgan fingerprint density at radius 1 is 1.17 bits per heavy atom. The molecule has 0 radical (unpaired) electrons. The van der Waals surface area contributed by atoms with E-state index in [9.17, 15) is 24.9 Å². The maximum atomic E-state index is 11.3. The first-order valence-electron chi connectivity index (χ1n) is 11.0. The van der Waals surface area contributed by atoms with E-state index in [4.69, 9.17) is 16.2 Å². The molecule has 0 bridgehead atoms. The lowest BCUT2D eigenvalue weighted by molar-refractivity contribution is -0.118. The summed E-state index contributed by atoms with van der Waals surface area (Å²) >= 11 is 0. The number of nitrogens with two attached hydrogens (primary N) is 2. The molecule has 1 fully saturated rings. The highest BCUT2D eigenvalue weighted by atomic mass is 16.6. The van der Waals surface area contributed by atoms with E-state index in [0.29, 0.717) is 30.7 Å². The molecule has 7 N–H and O–H groups in total. The Hall–Kier alpha value is -3.65. The summed E-state index contributed by atoms with van der Waals surface area (Å²) in [6.45, 7) is 0.977. The van der Waals surface area contributed by atoms with Crippen molar-refractivity contribution in [3.05, 3.63) is 48.0 Å². The molecule has 0 saturated carbocycles. The van der Waals surface area contributed by atoms with E-state index in [1.165, 1.54) is 23.3 Å². The molecular formula is C22H27N7O6. The third-order valence-electron chi connectivity index (χ3n) is 5.91. The molecule has 0 aliphatic carbocycles. The molecule has 35 heavy (non-hydrogen) atoms. The standard InChI is InChI=1S/C22H27N7O6/c23-15(30)5-2-6-28(8-12-3-1-4-13(7-12)22(33)34)9-14-17(31)18(32)21(35-14)29-11-27-16-19(24)25-10-26-20(16)29/h1,3-4,7,10-11,14,17-18,21,31-32H,2,5-6,8-9H2,(H2,23,30)(H,33,34)(H2,24,25,26)/t14-,17-,18-,21-/m1/s1. The van der Waals surface area contributed by atoms with E-state index >= 15 is 0 Å². The summed E-state index contributed by atoms with van der Waals surface area (Å²) < 4.78 is 7.53. The molecule has 0 spiro atoms. The number of anilines is 1. The summed E-state index contributed by atoms with van der Waals surface area (Å²) in [6.07, 6.45) is -0.910. The van der Waals surface area contributed by atoms with Crippen LogP contribution in [-0.2, 0) is 16.1 Å². The van der Waals surface area contributed by atoms with Crippen molar-refractivity contribution in [2.45, 2.75) is 43.9 Å². The molecule has 1 aliphatic rings. The van der Waals surface area contributed by atoms with Gasteiger partial charge < -0.3 is 31.5 Å². The van der Waals surface area contributed by atoms with Crippen LogP contribution in [0.2, 0.25) is 0 Å². The molecule has 4 rings (SSSR count). The molecule has 2 aromatic heterocycles. The Morgan fingerprint density at radius 3 is 2.71 bits per heavy atom. The smallest absolute Gasteiger partial charge is 0.335 e. The Bertz CT molecular complexity index is 1220. The van der Waals surface area contributed by atoms with Gasteiger partial charge in [-0.1, -0.05) is 12.1 Å². The number of primary amides is 1. The van der Waals surface area contributed by atoms with Crippen molar-refractivity contribution in [3.8, 4) is 0 Å². The highest BCUT2D eigenvalue weighted by Gasteiger charge is 2.44. The van der Waals surface area contributed by atoms with Crippen LogP contribution in [0, 0.1) is 0 Å². The van der Waals surface area contributed by atoms with Gasteiger partial charge in [0.25, 0.3) is 0 Å². The lowest BCUT2D eigenvalue weighted by atomic mass is 10.1. The van der Waals surface area contributed by atoms with Gasteiger partial charge in [-0.25, -0.2) is 19.7 Å². The maximum absolute atomic E-state index is 11.3. The third kappa shape index (κ3) is 5.38. The van der Waals surface area contributed by atoms with Crippen LogP contribution in [0.15, 0.2) is 36.9 Å². The van der Waals surface area contributed by atoms with Gasteiger partial charge in [-0.05, 0) is 30.7 Å². The fourth-order valence-corrected chi connectivity index (χ4v) is 4.19. The summed E-state index contributed by atoms with van der Waals surface area (Å²) in [6, 6.07) is 6.51. The zero-order valence-corrected chi connectivity index (χ0v) is 18.8. The number of aromatic nitrogens is 4. The fourth-order valence-electron chi connectivity index (χ4n) is 4.19. The molecular weight excluding hydrogens is 458 g/mol. The first-order chi connectivity index (χ1) is 16.7. The predicted octanol–water partition coefficient (Wildman–Crippen LogP) is -0.506. The molecule has 13 heteroatoms. The molecule has 4 atom stereocenters. The first kappa shape index (κ1) is 24.5. The van der Waals surface area contributed by atoms with Gasteiger partial charge in [-0.15, -0.1) is 0 Å². The number of aliphatic hydroxyl groups is 2. The minimum absolute atomic E-state index is 0.153. The highest BCUT2D eigenvalue weighted by molar-refractivity contribution is 5.87. The number of hydrogen-bond acceptors (Lipinski definition) is 10. The number of imidazole rings is 1. The summed E-state index contributed by atoms with van der Waals surface area (Å²) in [7, 11) is 0. The predicted molar refractivity (Wildman–Crippen MR) is 123 cm³/mol. The van der Waals surface area contributed by atoms with Crippen LogP contribution in [-0.4, -0.2) is 83.0 Å². The zero-order chi connectivity index (χ0) is 25.1. The Kier molecular flexibility index (Phi) is 7.21. The molecule has 3 aromatic rings. The zero-order valence-electron chi connectivity index (χ0n) is 18.8. The first-order valence-corrected chi connectivity index (χ1v) is 11.0. The number of rotatable bonds is 10. The number of ether oxygens (including phenoxy) is 1. The summed E-state index contributed by atoms with van der Waals surface area (Å²) in [5, 5.41) is 30.8. The monoisotopic (exact) mass is 485 g/mol. The SMILES string of the molecule is NC(=O)CCCN(Cc1cccc(C(=O)O)c1)C[C@H]1O[C@@H](n2cnc3c(N)ncnc32)[C@H](O)[C@@H]1O. The van der Waals surface area contributed by atoms with Gasteiger partial charge in [-0.3, -0.25) is 14.3 Å². The van der Waals surface area contributed by atoms with E-state index in [2.05, 4.69) is 15.0 Å². The molecule has 13 nitrogen and oxygen atoms in total. The molecule has 1 aliphatic heterocycles. The number of aliphatic hydroxyl groups excluding tert-OH is 2. The van der Waals surface area contributed by atoms with Crippen LogP contribution in [0.25, 0.3) is 11.2 Å². The number of nitrogen functional groups attached to an aromatic ring is 1. The largest absolute Gasteiger partial charge is 0.478 e. The van der Waals surface area contributed by atoms with Gasteiger partial charge in [0.2, 0.25) is 5.91 Å². The van der Waals surface area contributed by atoms with E-state index in [1.54, 1.807) is 18.2 Å². The molecule has 1 amide bonds. The van der Waals surface area contributed by atoms with Crippen LogP contribution >= 0.6 is 0 Å². The van der Waals surface area contributed by atoms with Gasteiger partial charge in [0.05, 0.1) is 11.9 Å². The second kappa shape index (κ2) is 10.3. The number of benzene rings is 1. The Morgan fingerprint density at radius 2 is 1.97 bits per heavy atom. The lowest BCUT2D eigenvalue weighted by Gasteiger charge is -2.27. The van der Waals surface area contributed by atoms with Crippen LogP contribution in [0.1, 0.15) is 35.0 Å². The van der Waals surface area contributed by atoms with Crippen molar-refractivity contribution in [1.82, 2.24) is 24.4 Å². The van der Waals surface area contributed by atoms with Crippen molar-refractivity contribution in [3.63, 3.8) is 0 Å². The maximum Gasteiger partial charge on any atom is 0.335 e. The van der Waals surface area contributed by atoms with Crippen molar-refractivity contribution in [2.24, 2.45) is 5.73 Å².